The molecule has 1 aromatic rings. The second-order valence-corrected chi connectivity index (χ2v) is 5.56. The van der Waals surface area contributed by atoms with Gasteiger partial charge in [-0.05, 0) is 44.8 Å². The second kappa shape index (κ2) is 7.01. The Kier molecular flexibility index (Phi) is 5.34. The zero-order valence-electron chi connectivity index (χ0n) is 12.0. The zero-order valence-corrected chi connectivity index (χ0v) is 12.0. The Hall–Kier alpha value is -0.930. The number of nitrogens with zero attached hydrogens (tertiary/aromatic N) is 1. The van der Waals surface area contributed by atoms with Crippen molar-refractivity contribution >= 4 is 0 Å². The van der Waals surface area contributed by atoms with Crippen LogP contribution < -0.4 is 5.32 Å². The smallest absolute Gasteiger partial charge is 0.127 e. The molecule has 19 heavy (non-hydrogen) atoms. The SMILES string of the molecule is CCN1CCCC(C(C)NCc2ccccc2F)C1. The van der Waals surface area contributed by atoms with Gasteiger partial charge in [0.1, 0.15) is 5.82 Å². The lowest BCUT2D eigenvalue weighted by Crippen LogP contribution is -2.44. The third-order valence-electron chi connectivity index (χ3n) is 4.27. The molecule has 0 aliphatic carbocycles. The van der Waals surface area contributed by atoms with Crippen LogP contribution in [0.5, 0.6) is 0 Å². The van der Waals surface area contributed by atoms with Crippen molar-refractivity contribution in [2.75, 3.05) is 19.6 Å². The largest absolute Gasteiger partial charge is 0.310 e. The highest BCUT2D eigenvalue weighted by Gasteiger charge is 2.23. The van der Waals surface area contributed by atoms with E-state index in [9.17, 15) is 4.39 Å². The molecule has 0 radical (unpaired) electrons. The molecular formula is C16H25FN2. The minimum absolute atomic E-state index is 0.110. The molecule has 1 fully saturated rings. The Bertz CT molecular complexity index is 394. The summed E-state index contributed by atoms with van der Waals surface area (Å²) in [5.74, 6) is 0.571. The number of halogens is 1. The van der Waals surface area contributed by atoms with E-state index in [1.54, 1.807) is 6.07 Å². The van der Waals surface area contributed by atoms with Gasteiger partial charge < -0.3 is 10.2 Å². The van der Waals surface area contributed by atoms with Gasteiger partial charge in [-0.2, -0.15) is 0 Å². The Morgan fingerprint density at radius 2 is 2.21 bits per heavy atom. The number of rotatable bonds is 5. The normalized spacial score (nSPS) is 22.4. The van der Waals surface area contributed by atoms with Gasteiger partial charge in [0.15, 0.2) is 0 Å². The molecule has 2 unspecified atom stereocenters. The Balaban J connectivity index is 1.84. The first-order chi connectivity index (χ1) is 9.20. The molecule has 0 bridgehead atoms. The van der Waals surface area contributed by atoms with Crippen LogP contribution in [0.4, 0.5) is 4.39 Å². The average Bonchev–Trinajstić information content (AvgIpc) is 2.46. The van der Waals surface area contributed by atoms with E-state index < -0.39 is 0 Å². The van der Waals surface area contributed by atoms with Crippen LogP contribution in [0.25, 0.3) is 0 Å². The lowest BCUT2D eigenvalue weighted by molar-refractivity contribution is 0.156. The van der Waals surface area contributed by atoms with Crippen LogP contribution in [0.1, 0.15) is 32.3 Å². The van der Waals surface area contributed by atoms with Crippen molar-refractivity contribution in [3.63, 3.8) is 0 Å². The summed E-state index contributed by atoms with van der Waals surface area (Å²) in [4.78, 5) is 2.51. The van der Waals surface area contributed by atoms with E-state index in [-0.39, 0.29) is 5.82 Å². The molecule has 0 amide bonds. The predicted octanol–water partition coefficient (Wildman–Crippen LogP) is 3.04. The van der Waals surface area contributed by atoms with E-state index in [1.165, 1.54) is 32.0 Å². The topological polar surface area (TPSA) is 15.3 Å². The molecule has 1 aliphatic heterocycles. The van der Waals surface area contributed by atoms with E-state index in [1.807, 2.05) is 12.1 Å². The third-order valence-corrected chi connectivity index (χ3v) is 4.27. The standard InChI is InChI=1S/C16H25FN2/c1-3-19-10-6-8-15(12-19)13(2)18-11-14-7-4-5-9-16(14)17/h4-5,7,9,13,15,18H,3,6,8,10-12H2,1-2H3. The van der Waals surface area contributed by atoms with Gasteiger partial charge in [0.2, 0.25) is 0 Å². The molecule has 106 valence electrons. The number of benzene rings is 1. The maximum Gasteiger partial charge on any atom is 0.127 e. The van der Waals surface area contributed by atoms with Crippen LogP contribution in [0, 0.1) is 11.7 Å². The van der Waals surface area contributed by atoms with Gasteiger partial charge in [0, 0.05) is 24.7 Å². The summed E-state index contributed by atoms with van der Waals surface area (Å²) >= 11 is 0. The number of hydrogen-bond donors (Lipinski definition) is 1. The van der Waals surface area contributed by atoms with Crippen molar-refractivity contribution in [1.82, 2.24) is 10.2 Å². The van der Waals surface area contributed by atoms with Crippen molar-refractivity contribution in [3.8, 4) is 0 Å². The van der Waals surface area contributed by atoms with Crippen molar-refractivity contribution in [2.24, 2.45) is 5.92 Å². The number of piperidine rings is 1. The van der Waals surface area contributed by atoms with E-state index in [4.69, 9.17) is 0 Å². The van der Waals surface area contributed by atoms with Crippen LogP contribution in [-0.4, -0.2) is 30.6 Å². The highest BCUT2D eigenvalue weighted by atomic mass is 19.1. The molecule has 1 heterocycles. The van der Waals surface area contributed by atoms with Gasteiger partial charge in [-0.25, -0.2) is 4.39 Å². The minimum atomic E-state index is -0.110. The molecule has 1 saturated heterocycles. The van der Waals surface area contributed by atoms with Gasteiger partial charge in [-0.15, -0.1) is 0 Å². The molecule has 2 rings (SSSR count). The first kappa shape index (κ1) is 14.5. The fraction of sp³-hybridized carbons (Fsp3) is 0.625. The summed E-state index contributed by atoms with van der Waals surface area (Å²) < 4.78 is 13.6. The van der Waals surface area contributed by atoms with Gasteiger partial charge >= 0.3 is 0 Å². The quantitative estimate of drug-likeness (QED) is 0.879. The summed E-state index contributed by atoms with van der Waals surface area (Å²) in [5.41, 5.74) is 0.762. The van der Waals surface area contributed by atoms with Crippen molar-refractivity contribution in [3.05, 3.63) is 35.6 Å². The molecule has 3 heteroatoms. The van der Waals surface area contributed by atoms with E-state index in [2.05, 4.69) is 24.1 Å². The van der Waals surface area contributed by atoms with Crippen LogP contribution in [-0.2, 0) is 6.54 Å². The third kappa shape index (κ3) is 4.02. The molecule has 0 saturated carbocycles. The van der Waals surface area contributed by atoms with Gasteiger partial charge in [0.25, 0.3) is 0 Å². The Morgan fingerprint density at radius 1 is 1.42 bits per heavy atom. The maximum atomic E-state index is 13.6. The van der Waals surface area contributed by atoms with E-state index in [0.717, 1.165) is 12.1 Å². The molecule has 1 aromatic carbocycles. The Labute approximate surface area is 116 Å². The van der Waals surface area contributed by atoms with Crippen LogP contribution in [0.3, 0.4) is 0 Å². The van der Waals surface area contributed by atoms with Gasteiger partial charge in [0.05, 0.1) is 0 Å². The molecule has 2 nitrogen and oxygen atoms in total. The van der Waals surface area contributed by atoms with E-state index in [0.29, 0.717) is 18.5 Å². The minimum Gasteiger partial charge on any atom is -0.310 e. The van der Waals surface area contributed by atoms with E-state index >= 15 is 0 Å². The maximum absolute atomic E-state index is 13.6. The highest BCUT2D eigenvalue weighted by Crippen LogP contribution is 2.20. The van der Waals surface area contributed by atoms with Crippen molar-refractivity contribution in [1.29, 1.82) is 0 Å². The van der Waals surface area contributed by atoms with Gasteiger partial charge in [-0.1, -0.05) is 25.1 Å². The monoisotopic (exact) mass is 264 g/mol. The van der Waals surface area contributed by atoms with Crippen LogP contribution >= 0.6 is 0 Å². The molecule has 0 aromatic heterocycles. The second-order valence-electron chi connectivity index (χ2n) is 5.56. The fourth-order valence-electron chi connectivity index (χ4n) is 2.87. The summed E-state index contributed by atoms with van der Waals surface area (Å²) in [7, 11) is 0. The lowest BCUT2D eigenvalue weighted by atomic mass is 9.91. The van der Waals surface area contributed by atoms with Gasteiger partial charge in [-0.3, -0.25) is 0 Å². The number of hydrogen-bond acceptors (Lipinski definition) is 2. The lowest BCUT2D eigenvalue weighted by Gasteiger charge is -2.35. The molecule has 1 aliphatic rings. The zero-order chi connectivity index (χ0) is 13.7. The summed E-state index contributed by atoms with van der Waals surface area (Å²) in [6.45, 7) is 8.60. The van der Waals surface area contributed by atoms with Crippen molar-refractivity contribution < 1.29 is 4.39 Å². The summed E-state index contributed by atoms with van der Waals surface area (Å²) in [6.07, 6.45) is 2.56. The van der Waals surface area contributed by atoms with Crippen LogP contribution in [0.2, 0.25) is 0 Å². The van der Waals surface area contributed by atoms with Crippen LogP contribution in [0.15, 0.2) is 24.3 Å². The first-order valence-corrected chi connectivity index (χ1v) is 7.40. The summed E-state index contributed by atoms with van der Waals surface area (Å²) in [5, 5.41) is 3.49. The molecular weight excluding hydrogens is 239 g/mol. The van der Waals surface area contributed by atoms with Crippen molar-refractivity contribution in [2.45, 2.75) is 39.3 Å². The average molecular weight is 264 g/mol. The molecule has 2 atom stereocenters. The number of nitrogens with one attached hydrogen (secondary N) is 1. The Morgan fingerprint density at radius 3 is 2.95 bits per heavy atom. The molecule has 1 N–H and O–H groups in total. The first-order valence-electron chi connectivity index (χ1n) is 7.40. The highest BCUT2D eigenvalue weighted by molar-refractivity contribution is 5.17. The summed E-state index contributed by atoms with van der Waals surface area (Å²) in [6, 6.07) is 7.45. The fourth-order valence-corrected chi connectivity index (χ4v) is 2.87. The number of likely N-dealkylation sites (tertiary alicyclic amines) is 1. The predicted molar refractivity (Wildman–Crippen MR) is 77.5 cm³/mol. The molecule has 0 spiro atoms.